The fraction of sp³-hybridized carbons (Fsp3) is 0.176. The monoisotopic (exact) mass is 349 g/mol. The van der Waals surface area contributed by atoms with E-state index in [4.69, 9.17) is 4.74 Å². The molecule has 3 N–H and O–H groups in total. The third-order valence-electron chi connectivity index (χ3n) is 3.19. The summed E-state index contributed by atoms with van der Waals surface area (Å²) in [6.07, 6.45) is -0.0913. The first-order chi connectivity index (χ1) is 12.0. The first kappa shape index (κ1) is 18.2. The van der Waals surface area contributed by atoms with Gasteiger partial charge in [0.05, 0.1) is 12.8 Å². The Morgan fingerprint density at radius 3 is 2.44 bits per heavy atom. The number of methoxy groups -OCH3 is 1. The first-order valence-corrected chi connectivity index (χ1v) is 7.42. The molecule has 0 spiro atoms. The van der Waals surface area contributed by atoms with Gasteiger partial charge in [-0.05, 0) is 36.4 Å². The summed E-state index contributed by atoms with van der Waals surface area (Å²) >= 11 is 0. The van der Waals surface area contributed by atoms with Crippen LogP contribution in [0, 0.1) is 11.6 Å². The number of hydrogen-bond donors (Lipinski definition) is 3. The molecule has 0 fully saturated rings. The molecule has 0 radical (unpaired) electrons. The zero-order chi connectivity index (χ0) is 18.2. The number of benzene rings is 2. The Balaban J connectivity index is 1.74. The van der Waals surface area contributed by atoms with Crippen LogP contribution in [-0.2, 0) is 4.79 Å². The molecular formula is C17H17F2N3O3. The molecule has 0 heterocycles. The van der Waals surface area contributed by atoms with Crippen molar-refractivity contribution in [2.45, 2.75) is 6.42 Å². The number of anilines is 2. The standard InChI is InChI=1S/C17H17F2N3O3/c1-25-13-5-3-12(4-6-13)21-17(24)20-9-8-16(23)22-15-10-11(18)2-7-14(15)19/h2-7,10H,8-9H2,1H3,(H,22,23)(H2,20,21,24). The second kappa shape index (κ2) is 8.62. The molecule has 0 aliphatic rings. The Morgan fingerprint density at radius 2 is 1.76 bits per heavy atom. The lowest BCUT2D eigenvalue weighted by atomic mass is 10.3. The van der Waals surface area contributed by atoms with E-state index in [2.05, 4.69) is 16.0 Å². The highest BCUT2D eigenvalue weighted by atomic mass is 19.1. The minimum absolute atomic E-state index is 0.0325. The molecular weight excluding hydrogens is 332 g/mol. The van der Waals surface area contributed by atoms with Crippen LogP contribution in [0.2, 0.25) is 0 Å². The van der Waals surface area contributed by atoms with Crippen LogP contribution in [0.1, 0.15) is 6.42 Å². The van der Waals surface area contributed by atoms with Crippen LogP contribution >= 0.6 is 0 Å². The highest BCUT2D eigenvalue weighted by molar-refractivity contribution is 5.92. The number of carbonyl (C=O) groups is 2. The summed E-state index contributed by atoms with van der Waals surface area (Å²) in [6.45, 7) is 0.0325. The molecule has 0 bridgehead atoms. The third-order valence-corrected chi connectivity index (χ3v) is 3.19. The van der Waals surface area contributed by atoms with Gasteiger partial charge in [0.15, 0.2) is 0 Å². The SMILES string of the molecule is COc1ccc(NC(=O)NCCC(=O)Nc2cc(F)ccc2F)cc1. The maximum atomic E-state index is 13.4. The summed E-state index contributed by atoms with van der Waals surface area (Å²) in [4.78, 5) is 23.4. The molecule has 6 nitrogen and oxygen atoms in total. The first-order valence-electron chi connectivity index (χ1n) is 7.42. The summed E-state index contributed by atoms with van der Waals surface area (Å²) in [5, 5.41) is 7.33. The number of hydrogen-bond acceptors (Lipinski definition) is 3. The van der Waals surface area contributed by atoms with Crippen LogP contribution in [0.4, 0.5) is 25.0 Å². The molecule has 0 aliphatic heterocycles. The van der Waals surface area contributed by atoms with Gasteiger partial charge in [-0.25, -0.2) is 13.6 Å². The molecule has 0 saturated heterocycles. The van der Waals surface area contributed by atoms with Gasteiger partial charge in [0.2, 0.25) is 5.91 Å². The van der Waals surface area contributed by atoms with Crippen molar-refractivity contribution in [3.8, 4) is 5.75 Å². The average molecular weight is 349 g/mol. The van der Waals surface area contributed by atoms with Crippen molar-refractivity contribution < 1.29 is 23.1 Å². The van der Waals surface area contributed by atoms with Crippen LogP contribution in [0.3, 0.4) is 0 Å². The number of rotatable bonds is 6. The largest absolute Gasteiger partial charge is 0.497 e. The van der Waals surface area contributed by atoms with Gasteiger partial charge in [0, 0.05) is 24.7 Å². The average Bonchev–Trinajstić information content (AvgIpc) is 2.59. The van der Waals surface area contributed by atoms with Gasteiger partial charge in [-0.15, -0.1) is 0 Å². The number of amides is 3. The summed E-state index contributed by atoms with van der Waals surface area (Å²) in [5.74, 6) is -1.28. The second-order valence-electron chi connectivity index (χ2n) is 5.03. The highest BCUT2D eigenvalue weighted by Gasteiger charge is 2.09. The zero-order valence-electron chi connectivity index (χ0n) is 13.4. The quantitative estimate of drug-likeness (QED) is 0.750. The molecule has 132 valence electrons. The maximum Gasteiger partial charge on any atom is 0.319 e. The minimum atomic E-state index is -0.736. The molecule has 8 heteroatoms. The van der Waals surface area contributed by atoms with E-state index < -0.39 is 23.6 Å². The normalized spacial score (nSPS) is 10.0. The molecule has 3 amide bonds. The van der Waals surface area contributed by atoms with Crippen molar-refractivity contribution in [3.63, 3.8) is 0 Å². The van der Waals surface area contributed by atoms with Crippen LogP contribution in [-0.4, -0.2) is 25.6 Å². The second-order valence-corrected chi connectivity index (χ2v) is 5.03. The maximum absolute atomic E-state index is 13.4. The number of carbonyl (C=O) groups excluding carboxylic acids is 2. The van der Waals surface area contributed by atoms with E-state index in [-0.39, 0.29) is 18.7 Å². The molecule has 2 rings (SSSR count). The number of nitrogens with one attached hydrogen (secondary N) is 3. The fourth-order valence-electron chi connectivity index (χ4n) is 1.95. The zero-order valence-corrected chi connectivity index (χ0v) is 13.4. The summed E-state index contributed by atoms with van der Waals surface area (Å²) in [7, 11) is 1.54. The molecule has 0 unspecified atom stereocenters. The highest BCUT2D eigenvalue weighted by Crippen LogP contribution is 2.16. The van der Waals surface area contributed by atoms with Gasteiger partial charge in [-0.3, -0.25) is 4.79 Å². The van der Waals surface area contributed by atoms with Crippen molar-refractivity contribution >= 4 is 23.3 Å². The van der Waals surface area contributed by atoms with Crippen LogP contribution in [0.25, 0.3) is 0 Å². The third kappa shape index (κ3) is 5.76. The Kier molecular flexibility index (Phi) is 6.27. The molecule has 0 saturated carbocycles. The van der Waals surface area contributed by atoms with E-state index in [0.717, 1.165) is 18.2 Å². The summed E-state index contributed by atoms with van der Waals surface area (Å²) < 4.78 is 31.4. The molecule has 25 heavy (non-hydrogen) atoms. The number of urea groups is 1. The molecule has 0 aliphatic carbocycles. The number of halogens is 2. The van der Waals surface area contributed by atoms with E-state index >= 15 is 0 Å². The van der Waals surface area contributed by atoms with E-state index in [1.165, 1.54) is 7.11 Å². The lowest BCUT2D eigenvalue weighted by molar-refractivity contribution is -0.116. The Morgan fingerprint density at radius 1 is 1.04 bits per heavy atom. The van der Waals surface area contributed by atoms with Crippen LogP contribution in [0.5, 0.6) is 5.75 Å². The van der Waals surface area contributed by atoms with Crippen molar-refractivity contribution in [2.75, 3.05) is 24.3 Å². The molecule has 0 atom stereocenters. The Bertz CT molecular complexity index is 751. The molecule has 2 aromatic carbocycles. The van der Waals surface area contributed by atoms with Gasteiger partial charge < -0.3 is 20.7 Å². The van der Waals surface area contributed by atoms with Gasteiger partial charge in [0.1, 0.15) is 17.4 Å². The van der Waals surface area contributed by atoms with Gasteiger partial charge in [0.25, 0.3) is 0 Å². The molecule has 0 aromatic heterocycles. The lowest BCUT2D eigenvalue weighted by Gasteiger charge is -2.09. The predicted molar refractivity (Wildman–Crippen MR) is 89.6 cm³/mol. The van der Waals surface area contributed by atoms with Crippen LogP contribution < -0.4 is 20.7 Å². The predicted octanol–water partition coefficient (Wildman–Crippen LogP) is 3.12. The Labute approximate surface area is 143 Å². The van der Waals surface area contributed by atoms with E-state index in [1.807, 2.05) is 0 Å². The van der Waals surface area contributed by atoms with Crippen molar-refractivity contribution in [1.82, 2.24) is 5.32 Å². The van der Waals surface area contributed by atoms with E-state index in [9.17, 15) is 18.4 Å². The van der Waals surface area contributed by atoms with Gasteiger partial charge in [-0.2, -0.15) is 0 Å². The van der Waals surface area contributed by atoms with Crippen molar-refractivity contribution in [3.05, 3.63) is 54.1 Å². The van der Waals surface area contributed by atoms with Crippen molar-refractivity contribution in [1.29, 1.82) is 0 Å². The van der Waals surface area contributed by atoms with E-state index in [0.29, 0.717) is 11.4 Å². The van der Waals surface area contributed by atoms with Gasteiger partial charge >= 0.3 is 6.03 Å². The number of ether oxygens (including phenoxy) is 1. The summed E-state index contributed by atoms with van der Waals surface area (Å²) in [5.41, 5.74) is 0.317. The Hall–Kier alpha value is -3.16. The lowest BCUT2D eigenvalue weighted by Crippen LogP contribution is -2.31. The van der Waals surface area contributed by atoms with E-state index in [1.54, 1.807) is 24.3 Å². The molecule has 2 aromatic rings. The topological polar surface area (TPSA) is 79.5 Å². The fourth-order valence-corrected chi connectivity index (χ4v) is 1.95. The summed E-state index contributed by atoms with van der Waals surface area (Å²) in [6, 6.07) is 8.98. The van der Waals surface area contributed by atoms with Gasteiger partial charge in [-0.1, -0.05) is 0 Å². The van der Waals surface area contributed by atoms with Crippen molar-refractivity contribution in [2.24, 2.45) is 0 Å². The van der Waals surface area contributed by atoms with Crippen LogP contribution in [0.15, 0.2) is 42.5 Å². The minimum Gasteiger partial charge on any atom is -0.497 e. The smallest absolute Gasteiger partial charge is 0.319 e.